The summed E-state index contributed by atoms with van der Waals surface area (Å²) in [7, 11) is 1.52. The number of hydrogen-bond acceptors (Lipinski definition) is 4. The zero-order chi connectivity index (χ0) is 19.7. The number of carbonyl (C=O) groups is 2. The molecule has 1 aromatic heterocycles. The molecule has 2 heterocycles. The van der Waals surface area contributed by atoms with Crippen molar-refractivity contribution in [2.45, 2.75) is 13.0 Å². The van der Waals surface area contributed by atoms with Crippen molar-refractivity contribution < 1.29 is 14.3 Å². The van der Waals surface area contributed by atoms with Crippen LogP contribution in [0.1, 0.15) is 16.1 Å². The molecule has 0 spiro atoms. The number of nitrogens with one attached hydrogen (secondary N) is 2. The number of methoxy groups -OCH3 is 1. The monoisotopic (exact) mass is 397 g/mol. The van der Waals surface area contributed by atoms with Crippen molar-refractivity contribution >= 4 is 39.9 Å². The Morgan fingerprint density at radius 3 is 2.79 bits per heavy atom. The summed E-state index contributed by atoms with van der Waals surface area (Å²) in [6.45, 7) is 2.36. The fourth-order valence-corrected chi connectivity index (χ4v) is 3.95. The van der Waals surface area contributed by atoms with E-state index < -0.39 is 11.7 Å². The van der Waals surface area contributed by atoms with Gasteiger partial charge >= 0.3 is 0 Å². The fourth-order valence-electron chi connectivity index (χ4n) is 3.69. The molecule has 28 heavy (non-hydrogen) atoms. The van der Waals surface area contributed by atoms with Gasteiger partial charge in [-0.2, -0.15) is 0 Å². The molecule has 0 unspecified atom stereocenters. The minimum absolute atomic E-state index is 0.363. The van der Waals surface area contributed by atoms with Gasteiger partial charge in [-0.3, -0.25) is 9.59 Å². The van der Waals surface area contributed by atoms with Crippen LogP contribution in [0.5, 0.6) is 5.75 Å². The van der Waals surface area contributed by atoms with Crippen molar-refractivity contribution in [1.29, 1.82) is 0 Å². The first-order valence-corrected chi connectivity index (χ1v) is 9.48. The largest absolute Gasteiger partial charge is 0.495 e. The van der Waals surface area contributed by atoms with Crippen molar-refractivity contribution in [3.63, 3.8) is 0 Å². The number of hydrogen-bond donors (Lipinski definition) is 2. The lowest BCUT2D eigenvalue weighted by molar-refractivity contribution is -0.112. The lowest BCUT2D eigenvalue weighted by atomic mass is 10.0. The Balaban J connectivity index is 1.70. The van der Waals surface area contributed by atoms with Crippen molar-refractivity contribution in [1.82, 2.24) is 9.88 Å². The molecule has 3 aromatic rings. The van der Waals surface area contributed by atoms with Crippen molar-refractivity contribution in [2.75, 3.05) is 25.5 Å². The first kappa shape index (κ1) is 18.5. The van der Waals surface area contributed by atoms with E-state index in [2.05, 4.69) is 15.2 Å². The summed E-state index contributed by atoms with van der Waals surface area (Å²) in [6.07, 6.45) is 0.692. The number of anilines is 1. The summed E-state index contributed by atoms with van der Waals surface area (Å²) in [5.74, 6) is -0.723. The third kappa shape index (κ3) is 3.25. The topological polar surface area (TPSA) is 72.4 Å². The summed E-state index contributed by atoms with van der Waals surface area (Å²) in [5.41, 5.74) is 2.81. The Hall–Kier alpha value is -2.83. The number of para-hydroxylation sites is 1. The van der Waals surface area contributed by atoms with Gasteiger partial charge in [-0.05, 0) is 24.3 Å². The maximum Gasteiger partial charge on any atom is 0.296 e. The Kier molecular flexibility index (Phi) is 5.07. The maximum absolute atomic E-state index is 13.1. The van der Waals surface area contributed by atoms with E-state index in [1.165, 1.54) is 7.11 Å². The molecular formula is C21H20ClN3O3. The van der Waals surface area contributed by atoms with Gasteiger partial charge in [0.2, 0.25) is 0 Å². The van der Waals surface area contributed by atoms with Crippen LogP contribution < -0.4 is 15.4 Å². The highest BCUT2D eigenvalue weighted by Crippen LogP contribution is 2.30. The van der Waals surface area contributed by atoms with Gasteiger partial charge in [-0.15, -0.1) is 0 Å². The number of ether oxygens (including phenoxy) is 1. The highest BCUT2D eigenvalue weighted by molar-refractivity contribution is 6.48. The average Bonchev–Trinajstić information content (AvgIpc) is 2.83. The minimum atomic E-state index is -0.683. The van der Waals surface area contributed by atoms with Gasteiger partial charge in [0.1, 0.15) is 5.75 Å². The van der Waals surface area contributed by atoms with Gasteiger partial charge < -0.3 is 19.9 Å². The predicted octanol–water partition coefficient (Wildman–Crippen LogP) is 3.27. The van der Waals surface area contributed by atoms with Crippen LogP contribution in [0.4, 0.5) is 5.69 Å². The van der Waals surface area contributed by atoms with Crippen LogP contribution in [0, 0.1) is 0 Å². The molecule has 144 valence electrons. The van der Waals surface area contributed by atoms with Crippen molar-refractivity contribution in [3.05, 3.63) is 58.7 Å². The summed E-state index contributed by atoms with van der Waals surface area (Å²) in [5, 5.41) is 7.17. The Morgan fingerprint density at radius 1 is 1.18 bits per heavy atom. The highest BCUT2D eigenvalue weighted by Gasteiger charge is 2.27. The molecule has 1 aliphatic rings. The number of fused-ring (bicyclic) bond motifs is 3. The molecule has 1 aliphatic heterocycles. The van der Waals surface area contributed by atoms with Crippen LogP contribution in [-0.4, -0.2) is 36.5 Å². The Labute approximate surface area is 167 Å². The zero-order valence-corrected chi connectivity index (χ0v) is 16.2. The molecule has 4 rings (SSSR count). The maximum atomic E-state index is 13.1. The zero-order valence-electron chi connectivity index (χ0n) is 15.4. The number of amides is 1. The lowest BCUT2D eigenvalue weighted by Gasteiger charge is -2.09. The Bertz CT molecular complexity index is 1070. The number of Topliss-reactive ketones (excluding diaryl/α,β-unsaturated/α-hetero) is 1. The second-order valence-corrected chi connectivity index (χ2v) is 7.03. The number of rotatable bonds is 4. The van der Waals surface area contributed by atoms with Crippen LogP contribution in [0.15, 0.2) is 42.5 Å². The van der Waals surface area contributed by atoms with Gasteiger partial charge in [0.15, 0.2) is 0 Å². The molecule has 2 N–H and O–H groups in total. The molecule has 7 heteroatoms. The smallest absolute Gasteiger partial charge is 0.296 e. The van der Waals surface area contributed by atoms with E-state index in [-0.39, 0.29) is 0 Å². The fraction of sp³-hybridized carbons (Fsp3) is 0.238. The Morgan fingerprint density at radius 2 is 2.00 bits per heavy atom. The quantitative estimate of drug-likeness (QED) is 0.523. The van der Waals surface area contributed by atoms with E-state index in [4.69, 9.17) is 16.3 Å². The SMILES string of the molecule is COc1ccc(NC(=O)C(=O)c2c3n(c4ccccc24)CCNCC3)cc1Cl. The normalized spacial score (nSPS) is 13.6. The summed E-state index contributed by atoms with van der Waals surface area (Å²) < 4.78 is 7.25. The van der Waals surface area contributed by atoms with Crippen LogP contribution >= 0.6 is 11.6 Å². The molecule has 0 saturated heterocycles. The molecular weight excluding hydrogens is 378 g/mol. The third-order valence-corrected chi connectivity index (χ3v) is 5.27. The molecule has 0 saturated carbocycles. The number of benzene rings is 2. The van der Waals surface area contributed by atoms with Crippen molar-refractivity contribution in [3.8, 4) is 5.75 Å². The van der Waals surface area contributed by atoms with Crippen LogP contribution in [0.25, 0.3) is 10.9 Å². The van der Waals surface area contributed by atoms with E-state index in [0.717, 1.165) is 36.2 Å². The van der Waals surface area contributed by atoms with Gasteiger partial charge in [0, 0.05) is 48.3 Å². The van der Waals surface area contributed by atoms with Crippen LogP contribution in [-0.2, 0) is 17.8 Å². The molecule has 1 amide bonds. The number of halogens is 1. The van der Waals surface area contributed by atoms with E-state index in [1.807, 2.05) is 24.3 Å². The average molecular weight is 398 g/mol. The van der Waals surface area contributed by atoms with Gasteiger partial charge in [-0.1, -0.05) is 29.8 Å². The van der Waals surface area contributed by atoms with E-state index in [0.29, 0.717) is 28.4 Å². The van der Waals surface area contributed by atoms with Crippen molar-refractivity contribution in [2.24, 2.45) is 0 Å². The summed E-state index contributed by atoms with van der Waals surface area (Å²) in [6, 6.07) is 12.6. The predicted molar refractivity (Wildman–Crippen MR) is 109 cm³/mol. The van der Waals surface area contributed by atoms with Gasteiger partial charge in [0.05, 0.1) is 17.7 Å². The lowest BCUT2D eigenvalue weighted by Crippen LogP contribution is -2.24. The first-order valence-electron chi connectivity index (χ1n) is 9.10. The van der Waals surface area contributed by atoms with Gasteiger partial charge in [0.25, 0.3) is 11.7 Å². The molecule has 6 nitrogen and oxygen atoms in total. The van der Waals surface area contributed by atoms with Crippen LogP contribution in [0.2, 0.25) is 5.02 Å². The first-order chi connectivity index (χ1) is 13.6. The third-order valence-electron chi connectivity index (χ3n) is 4.97. The standard InChI is InChI=1S/C21H20ClN3O3/c1-28-18-7-6-13(12-15(18)22)24-21(27)20(26)19-14-4-2-3-5-16(14)25-11-10-23-9-8-17(19)25/h2-7,12,23H,8-11H2,1H3,(H,24,27). The highest BCUT2D eigenvalue weighted by atomic mass is 35.5. The second kappa shape index (κ2) is 7.66. The molecule has 0 radical (unpaired) electrons. The second-order valence-electron chi connectivity index (χ2n) is 6.62. The number of nitrogens with zero attached hydrogens (tertiary/aromatic N) is 1. The van der Waals surface area contributed by atoms with E-state index in [9.17, 15) is 9.59 Å². The molecule has 0 bridgehead atoms. The number of aromatic nitrogens is 1. The molecule has 0 fully saturated rings. The molecule has 0 aliphatic carbocycles. The van der Waals surface area contributed by atoms with Crippen LogP contribution in [0.3, 0.4) is 0 Å². The van der Waals surface area contributed by atoms with E-state index in [1.54, 1.807) is 18.2 Å². The molecule has 2 aromatic carbocycles. The van der Waals surface area contributed by atoms with E-state index >= 15 is 0 Å². The summed E-state index contributed by atoms with van der Waals surface area (Å²) in [4.78, 5) is 25.8. The minimum Gasteiger partial charge on any atom is -0.495 e. The molecule has 0 atom stereocenters. The number of carbonyl (C=O) groups excluding carboxylic acids is 2. The number of ketones is 1. The van der Waals surface area contributed by atoms with Gasteiger partial charge in [-0.25, -0.2) is 0 Å². The summed E-state index contributed by atoms with van der Waals surface area (Å²) >= 11 is 6.11.